The lowest BCUT2D eigenvalue weighted by Gasteiger charge is -2.09. The topological polar surface area (TPSA) is 56.2 Å². The standard InChI is InChI=1S/C11H15F2N3O2/c1-16-5-3-8(15-16)2-4-14-7-9-6-11(12,13)10(17)18-9/h3,5,9,14H,2,4,6-7H2,1H3. The number of aromatic nitrogens is 2. The van der Waals surface area contributed by atoms with Crippen LogP contribution in [0, 0.1) is 0 Å². The zero-order valence-corrected chi connectivity index (χ0v) is 10.0. The van der Waals surface area contributed by atoms with E-state index in [0.717, 1.165) is 5.69 Å². The first kappa shape index (κ1) is 12.9. The van der Waals surface area contributed by atoms with Crippen molar-refractivity contribution in [3.05, 3.63) is 18.0 Å². The predicted molar refractivity (Wildman–Crippen MR) is 59.2 cm³/mol. The van der Waals surface area contributed by atoms with E-state index in [-0.39, 0.29) is 6.54 Å². The SMILES string of the molecule is Cn1ccc(CCNCC2CC(F)(F)C(=O)O2)n1. The van der Waals surface area contributed by atoms with Gasteiger partial charge in [0.1, 0.15) is 6.10 Å². The summed E-state index contributed by atoms with van der Waals surface area (Å²) in [5.41, 5.74) is 0.929. The van der Waals surface area contributed by atoms with Crippen LogP contribution < -0.4 is 5.32 Å². The highest BCUT2D eigenvalue weighted by Gasteiger charge is 2.50. The number of carbonyl (C=O) groups is 1. The van der Waals surface area contributed by atoms with Gasteiger partial charge in [0.15, 0.2) is 0 Å². The van der Waals surface area contributed by atoms with Crippen molar-refractivity contribution in [3.63, 3.8) is 0 Å². The molecule has 1 aromatic rings. The molecule has 0 amide bonds. The average molecular weight is 259 g/mol. The normalized spacial score (nSPS) is 22.2. The van der Waals surface area contributed by atoms with E-state index >= 15 is 0 Å². The Labute approximate surface area is 103 Å². The van der Waals surface area contributed by atoms with Crippen LogP contribution in [0.25, 0.3) is 0 Å². The number of halogens is 2. The Morgan fingerprint density at radius 1 is 1.67 bits per heavy atom. The molecule has 1 fully saturated rings. The van der Waals surface area contributed by atoms with Crippen molar-refractivity contribution in [2.75, 3.05) is 13.1 Å². The molecular formula is C11H15F2N3O2. The van der Waals surface area contributed by atoms with Gasteiger partial charge < -0.3 is 10.1 Å². The number of esters is 1. The number of carbonyl (C=O) groups excluding carboxylic acids is 1. The van der Waals surface area contributed by atoms with E-state index in [1.165, 1.54) is 0 Å². The van der Waals surface area contributed by atoms with Gasteiger partial charge in [-0.25, -0.2) is 4.79 Å². The van der Waals surface area contributed by atoms with Gasteiger partial charge in [-0.1, -0.05) is 0 Å². The third-order valence-corrected chi connectivity index (χ3v) is 2.76. The van der Waals surface area contributed by atoms with Gasteiger partial charge in [0.2, 0.25) is 0 Å². The molecule has 7 heteroatoms. The molecule has 0 aliphatic carbocycles. The summed E-state index contributed by atoms with van der Waals surface area (Å²) < 4.78 is 32.0. The van der Waals surface area contributed by atoms with Crippen LogP contribution in [0.4, 0.5) is 8.78 Å². The summed E-state index contributed by atoms with van der Waals surface area (Å²) in [5, 5.41) is 7.17. The summed E-state index contributed by atoms with van der Waals surface area (Å²) in [4.78, 5) is 10.8. The Morgan fingerprint density at radius 2 is 2.44 bits per heavy atom. The number of nitrogens with zero attached hydrogens (tertiary/aromatic N) is 2. The second kappa shape index (κ2) is 5.01. The molecule has 18 heavy (non-hydrogen) atoms. The van der Waals surface area contributed by atoms with Crippen LogP contribution in [0.15, 0.2) is 12.3 Å². The minimum atomic E-state index is -3.33. The smallest absolute Gasteiger partial charge is 0.377 e. The van der Waals surface area contributed by atoms with E-state index in [1.807, 2.05) is 19.3 Å². The van der Waals surface area contributed by atoms with Crippen LogP contribution in [0.1, 0.15) is 12.1 Å². The Kier molecular flexibility index (Phi) is 3.60. The molecule has 0 spiro atoms. The lowest BCUT2D eigenvalue weighted by atomic mass is 10.2. The third kappa shape index (κ3) is 3.04. The first-order valence-corrected chi connectivity index (χ1v) is 5.75. The Morgan fingerprint density at radius 3 is 3.00 bits per heavy atom. The summed E-state index contributed by atoms with van der Waals surface area (Å²) in [6, 6.07) is 1.89. The molecule has 1 N–H and O–H groups in total. The molecule has 1 aliphatic heterocycles. The quantitative estimate of drug-likeness (QED) is 0.618. The number of rotatable bonds is 5. The van der Waals surface area contributed by atoms with Crippen molar-refractivity contribution < 1.29 is 18.3 Å². The van der Waals surface area contributed by atoms with Crippen molar-refractivity contribution in [2.45, 2.75) is 24.9 Å². The molecule has 0 aromatic carbocycles. The van der Waals surface area contributed by atoms with E-state index in [1.54, 1.807) is 4.68 Å². The fourth-order valence-electron chi connectivity index (χ4n) is 1.84. The molecule has 1 saturated heterocycles. The first-order chi connectivity index (χ1) is 8.47. The molecule has 2 rings (SSSR count). The number of nitrogens with one attached hydrogen (secondary N) is 1. The second-order valence-corrected chi connectivity index (χ2v) is 4.37. The van der Waals surface area contributed by atoms with Crippen LogP contribution in [0.3, 0.4) is 0 Å². The van der Waals surface area contributed by atoms with Gasteiger partial charge in [0.25, 0.3) is 0 Å². The van der Waals surface area contributed by atoms with Crippen molar-refractivity contribution in [1.29, 1.82) is 0 Å². The molecular weight excluding hydrogens is 244 g/mol. The number of alkyl halides is 2. The van der Waals surface area contributed by atoms with E-state index < -0.39 is 24.4 Å². The monoisotopic (exact) mass is 259 g/mol. The fourth-order valence-corrected chi connectivity index (χ4v) is 1.84. The lowest BCUT2D eigenvalue weighted by Crippen LogP contribution is -2.28. The molecule has 1 aromatic heterocycles. The maximum atomic E-state index is 12.8. The van der Waals surface area contributed by atoms with Crippen molar-refractivity contribution in [2.24, 2.45) is 7.05 Å². The Bertz CT molecular complexity index is 434. The first-order valence-electron chi connectivity index (χ1n) is 5.75. The van der Waals surface area contributed by atoms with Gasteiger partial charge in [0.05, 0.1) is 12.1 Å². The maximum Gasteiger partial charge on any atom is 0.377 e. The van der Waals surface area contributed by atoms with E-state index in [2.05, 4.69) is 15.2 Å². The molecule has 100 valence electrons. The number of aryl methyl sites for hydroxylation is 1. The zero-order chi connectivity index (χ0) is 13.2. The highest BCUT2D eigenvalue weighted by molar-refractivity contribution is 5.79. The summed E-state index contributed by atoms with van der Waals surface area (Å²) in [7, 11) is 1.83. The highest BCUT2D eigenvalue weighted by Crippen LogP contribution is 2.30. The molecule has 0 bridgehead atoms. The zero-order valence-electron chi connectivity index (χ0n) is 10.0. The van der Waals surface area contributed by atoms with Crippen LogP contribution in [-0.2, 0) is 23.0 Å². The maximum absolute atomic E-state index is 12.8. The van der Waals surface area contributed by atoms with Gasteiger partial charge in [-0.2, -0.15) is 13.9 Å². The number of hydrogen-bond acceptors (Lipinski definition) is 4. The van der Waals surface area contributed by atoms with Crippen LogP contribution in [-0.4, -0.2) is 40.9 Å². The summed E-state index contributed by atoms with van der Waals surface area (Å²) in [6.45, 7) is 0.852. The van der Waals surface area contributed by atoms with E-state index in [9.17, 15) is 13.6 Å². The summed E-state index contributed by atoms with van der Waals surface area (Å²) >= 11 is 0. The second-order valence-electron chi connectivity index (χ2n) is 4.37. The largest absolute Gasteiger partial charge is 0.456 e. The Balaban J connectivity index is 1.66. The number of hydrogen-bond donors (Lipinski definition) is 1. The van der Waals surface area contributed by atoms with E-state index in [4.69, 9.17) is 0 Å². The molecule has 0 radical (unpaired) electrons. The highest BCUT2D eigenvalue weighted by atomic mass is 19.3. The van der Waals surface area contributed by atoms with Gasteiger partial charge in [0, 0.05) is 32.8 Å². The van der Waals surface area contributed by atoms with Gasteiger partial charge in [-0.15, -0.1) is 0 Å². The van der Waals surface area contributed by atoms with E-state index in [0.29, 0.717) is 13.0 Å². The number of ether oxygens (including phenoxy) is 1. The predicted octanol–water partition coefficient (Wildman–Crippen LogP) is 0.503. The minimum Gasteiger partial charge on any atom is -0.456 e. The molecule has 5 nitrogen and oxygen atoms in total. The van der Waals surface area contributed by atoms with Gasteiger partial charge >= 0.3 is 11.9 Å². The van der Waals surface area contributed by atoms with Gasteiger partial charge in [-0.3, -0.25) is 4.68 Å². The molecule has 1 unspecified atom stereocenters. The summed E-state index contributed by atoms with van der Waals surface area (Å²) in [6.07, 6.45) is 1.27. The number of cyclic esters (lactones) is 1. The van der Waals surface area contributed by atoms with Crippen molar-refractivity contribution in [3.8, 4) is 0 Å². The minimum absolute atomic E-state index is 0.244. The van der Waals surface area contributed by atoms with Crippen LogP contribution in [0.2, 0.25) is 0 Å². The molecule has 1 atom stereocenters. The lowest BCUT2D eigenvalue weighted by molar-refractivity contribution is -0.158. The van der Waals surface area contributed by atoms with Crippen LogP contribution >= 0.6 is 0 Å². The average Bonchev–Trinajstić information content (AvgIpc) is 2.79. The fraction of sp³-hybridized carbons (Fsp3) is 0.636. The third-order valence-electron chi connectivity index (χ3n) is 2.76. The summed E-state index contributed by atoms with van der Waals surface area (Å²) in [5.74, 6) is -4.74. The van der Waals surface area contributed by atoms with Crippen molar-refractivity contribution in [1.82, 2.24) is 15.1 Å². The van der Waals surface area contributed by atoms with Crippen LogP contribution in [0.5, 0.6) is 0 Å². The van der Waals surface area contributed by atoms with Crippen molar-refractivity contribution >= 4 is 5.97 Å². The van der Waals surface area contributed by atoms with Gasteiger partial charge in [-0.05, 0) is 6.07 Å². The molecule has 2 heterocycles. The molecule has 0 saturated carbocycles. The molecule has 1 aliphatic rings. The Hall–Kier alpha value is -1.50.